The molecule has 0 amide bonds. The summed E-state index contributed by atoms with van der Waals surface area (Å²) in [6.07, 6.45) is 3.65. The average Bonchev–Trinajstić information content (AvgIpc) is 2.67. The standard InChI is InChI=1S/C20H20I2N2O2/c1-2-9-26-20-18(21)12-15(13-19(20)22)14-23-16-3-5-17(6-4-16)24-7-10-25-11-8-24/h2-6,12-14H,1,7-11H2. The first-order chi connectivity index (χ1) is 12.7. The summed E-state index contributed by atoms with van der Waals surface area (Å²) in [5, 5.41) is 0. The van der Waals surface area contributed by atoms with E-state index in [-0.39, 0.29) is 0 Å². The Bertz CT molecular complexity index is 762. The van der Waals surface area contributed by atoms with Crippen LogP contribution in [0.4, 0.5) is 11.4 Å². The molecule has 136 valence electrons. The van der Waals surface area contributed by atoms with Gasteiger partial charge in [-0.1, -0.05) is 12.7 Å². The van der Waals surface area contributed by atoms with Gasteiger partial charge >= 0.3 is 0 Å². The number of morpholine rings is 1. The molecule has 0 bridgehead atoms. The highest BCUT2D eigenvalue weighted by Crippen LogP contribution is 2.29. The van der Waals surface area contributed by atoms with E-state index in [1.807, 2.05) is 6.21 Å². The van der Waals surface area contributed by atoms with Gasteiger partial charge in [0.2, 0.25) is 0 Å². The fourth-order valence-electron chi connectivity index (χ4n) is 2.65. The van der Waals surface area contributed by atoms with Gasteiger partial charge in [-0.15, -0.1) is 0 Å². The lowest BCUT2D eigenvalue weighted by Gasteiger charge is -2.28. The molecule has 2 aromatic rings. The van der Waals surface area contributed by atoms with Gasteiger partial charge in [-0.2, -0.15) is 0 Å². The fraction of sp³-hybridized carbons (Fsp3) is 0.250. The zero-order valence-electron chi connectivity index (χ0n) is 14.3. The lowest BCUT2D eigenvalue weighted by molar-refractivity contribution is 0.122. The number of halogens is 2. The second kappa shape index (κ2) is 9.70. The molecule has 1 aliphatic heterocycles. The van der Waals surface area contributed by atoms with Crippen LogP contribution in [0.5, 0.6) is 5.75 Å². The molecule has 1 heterocycles. The van der Waals surface area contributed by atoms with Crippen LogP contribution in [0, 0.1) is 7.14 Å². The summed E-state index contributed by atoms with van der Waals surface area (Å²) in [4.78, 5) is 6.94. The van der Waals surface area contributed by atoms with Crippen LogP contribution in [-0.2, 0) is 4.74 Å². The monoisotopic (exact) mass is 574 g/mol. The van der Waals surface area contributed by atoms with E-state index < -0.39 is 0 Å². The Hall–Kier alpha value is -1.13. The molecule has 2 aromatic carbocycles. The van der Waals surface area contributed by atoms with Gasteiger partial charge in [0.05, 0.1) is 26.0 Å². The Kier molecular flexibility index (Phi) is 7.32. The van der Waals surface area contributed by atoms with Gasteiger partial charge in [0.25, 0.3) is 0 Å². The van der Waals surface area contributed by atoms with Crippen molar-refractivity contribution in [3.05, 3.63) is 61.8 Å². The Balaban J connectivity index is 1.70. The van der Waals surface area contributed by atoms with E-state index in [2.05, 4.69) is 98.1 Å². The van der Waals surface area contributed by atoms with Crippen molar-refractivity contribution in [1.82, 2.24) is 0 Å². The summed E-state index contributed by atoms with van der Waals surface area (Å²) < 4.78 is 13.3. The minimum Gasteiger partial charge on any atom is -0.487 e. The van der Waals surface area contributed by atoms with Crippen LogP contribution in [0.2, 0.25) is 0 Å². The molecule has 0 atom stereocenters. The Morgan fingerprint density at radius 3 is 2.38 bits per heavy atom. The second-order valence-electron chi connectivity index (χ2n) is 5.79. The molecule has 0 N–H and O–H groups in total. The summed E-state index contributed by atoms with van der Waals surface area (Å²) >= 11 is 4.59. The van der Waals surface area contributed by atoms with Gasteiger partial charge in [-0.25, -0.2) is 0 Å². The number of anilines is 1. The third-order valence-corrected chi connectivity index (χ3v) is 5.56. The summed E-state index contributed by atoms with van der Waals surface area (Å²) in [6.45, 7) is 7.68. The zero-order chi connectivity index (χ0) is 18.4. The van der Waals surface area contributed by atoms with Crippen molar-refractivity contribution >= 4 is 62.8 Å². The highest BCUT2D eigenvalue weighted by atomic mass is 127. The zero-order valence-corrected chi connectivity index (χ0v) is 18.6. The highest BCUT2D eigenvalue weighted by Gasteiger charge is 2.11. The summed E-state index contributed by atoms with van der Waals surface area (Å²) in [5.41, 5.74) is 3.22. The van der Waals surface area contributed by atoms with Gasteiger partial charge in [0.15, 0.2) is 0 Å². The topological polar surface area (TPSA) is 34.1 Å². The highest BCUT2D eigenvalue weighted by molar-refractivity contribution is 14.1. The number of aliphatic imine (C=N–C) groups is 1. The molecule has 4 nitrogen and oxygen atoms in total. The molecule has 1 fully saturated rings. The van der Waals surface area contributed by atoms with Gasteiger partial charge in [-0.3, -0.25) is 4.99 Å². The van der Waals surface area contributed by atoms with E-state index >= 15 is 0 Å². The van der Waals surface area contributed by atoms with Gasteiger partial charge in [0, 0.05) is 25.0 Å². The summed E-state index contributed by atoms with van der Waals surface area (Å²) in [7, 11) is 0. The van der Waals surface area contributed by atoms with Crippen molar-refractivity contribution in [3.8, 4) is 5.75 Å². The van der Waals surface area contributed by atoms with Crippen LogP contribution < -0.4 is 9.64 Å². The normalized spacial score (nSPS) is 14.6. The second-order valence-corrected chi connectivity index (χ2v) is 8.11. The lowest BCUT2D eigenvalue weighted by Crippen LogP contribution is -2.36. The van der Waals surface area contributed by atoms with E-state index in [1.54, 1.807) is 6.08 Å². The molecule has 3 rings (SSSR count). The van der Waals surface area contributed by atoms with E-state index in [1.165, 1.54) is 5.69 Å². The predicted molar refractivity (Wildman–Crippen MR) is 124 cm³/mol. The lowest BCUT2D eigenvalue weighted by atomic mass is 10.2. The van der Waals surface area contributed by atoms with E-state index in [0.29, 0.717) is 6.61 Å². The quantitative estimate of drug-likeness (QED) is 0.276. The van der Waals surface area contributed by atoms with E-state index in [4.69, 9.17) is 9.47 Å². The number of hydrogen-bond donors (Lipinski definition) is 0. The third kappa shape index (κ3) is 5.20. The largest absolute Gasteiger partial charge is 0.487 e. The third-order valence-electron chi connectivity index (χ3n) is 3.95. The molecule has 0 spiro atoms. The average molecular weight is 574 g/mol. The van der Waals surface area contributed by atoms with Crippen LogP contribution in [0.1, 0.15) is 5.56 Å². The first-order valence-electron chi connectivity index (χ1n) is 8.37. The summed E-state index contributed by atoms with van der Waals surface area (Å²) in [5.74, 6) is 0.901. The van der Waals surface area contributed by atoms with E-state index in [0.717, 1.165) is 50.4 Å². The van der Waals surface area contributed by atoms with Crippen molar-refractivity contribution in [2.75, 3.05) is 37.8 Å². The van der Waals surface area contributed by atoms with Crippen molar-refractivity contribution in [2.24, 2.45) is 4.99 Å². The number of nitrogens with zero attached hydrogens (tertiary/aromatic N) is 2. The van der Waals surface area contributed by atoms with Crippen LogP contribution >= 0.6 is 45.2 Å². The first kappa shape index (κ1) is 19.6. The Labute approximate surface area is 181 Å². The maximum Gasteiger partial charge on any atom is 0.146 e. The SMILES string of the molecule is C=CCOc1c(I)cc(C=Nc2ccc(N3CCOCC3)cc2)cc1I. The Morgan fingerprint density at radius 1 is 1.12 bits per heavy atom. The fourth-order valence-corrected chi connectivity index (χ4v) is 4.78. The number of rotatable bonds is 6. The maximum atomic E-state index is 5.71. The molecular weight excluding hydrogens is 554 g/mol. The van der Waals surface area contributed by atoms with Crippen molar-refractivity contribution < 1.29 is 9.47 Å². The molecule has 0 unspecified atom stereocenters. The van der Waals surface area contributed by atoms with Gasteiger partial charge in [-0.05, 0) is 87.1 Å². The minimum atomic E-state index is 0.509. The molecule has 0 aliphatic carbocycles. The molecule has 0 aromatic heterocycles. The van der Waals surface area contributed by atoms with E-state index in [9.17, 15) is 0 Å². The van der Waals surface area contributed by atoms with Crippen LogP contribution in [0.25, 0.3) is 0 Å². The molecule has 0 saturated carbocycles. The predicted octanol–water partition coefficient (Wildman–Crippen LogP) is 5.05. The smallest absolute Gasteiger partial charge is 0.146 e. The van der Waals surface area contributed by atoms with Crippen LogP contribution in [0.15, 0.2) is 54.0 Å². The molecule has 1 aliphatic rings. The number of benzene rings is 2. The molecule has 6 heteroatoms. The van der Waals surface area contributed by atoms with Gasteiger partial charge < -0.3 is 14.4 Å². The van der Waals surface area contributed by atoms with Crippen molar-refractivity contribution in [1.29, 1.82) is 0 Å². The molecular formula is C20H20I2N2O2. The first-order valence-corrected chi connectivity index (χ1v) is 10.5. The van der Waals surface area contributed by atoms with Gasteiger partial charge in [0.1, 0.15) is 12.4 Å². The number of hydrogen-bond acceptors (Lipinski definition) is 4. The van der Waals surface area contributed by atoms with Crippen molar-refractivity contribution in [3.63, 3.8) is 0 Å². The molecule has 0 radical (unpaired) electrons. The maximum absolute atomic E-state index is 5.71. The minimum absolute atomic E-state index is 0.509. The molecule has 1 saturated heterocycles. The Morgan fingerprint density at radius 2 is 1.77 bits per heavy atom. The number of ether oxygens (including phenoxy) is 2. The summed E-state index contributed by atoms with van der Waals surface area (Å²) in [6, 6.07) is 12.5. The van der Waals surface area contributed by atoms with Crippen molar-refractivity contribution in [2.45, 2.75) is 0 Å². The van der Waals surface area contributed by atoms with Crippen LogP contribution in [-0.4, -0.2) is 39.1 Å². The molecule has 26 heavy (non-hydrogen) atoms. The van der Waals surface area contributed by atoms with Crippen LogP contribution in [0.3, 0.4) is 0 Å².